The first-order chi connectivity index (χ1) is 9.79. The van der Waals surface area contributed by atoms with Crippen LogP contribution in [0.2, 0.25) is 0 Å². The normalized spacial score (nSPS) is 17.6. The molecular weight excluding hydrogens is 299 g/mol. The van der Waals surface area contributed by atoms with E-state index in [1.165, 1.54) is 4.31 Å². The van der Waals surface area contributed by atoms with E-state index in [1.54, 1.807) is 0 Å². The number of rotatable bonds is 4. The maximum atomic E-state index is 13.1. The van der Waals surface area contributed by atoms with Crippen LogP contribution < -0.4 is 4.72 Å². The number of hydrogen-bond acceptors (Lipinski definition) is 3. The second kappa shape index (κ2) is 5.98. The lowest BCUT2D eigenvalue weighted by Crippen LogP contribution is -2.41. The Morgan fingerprint density at radius 1 is 1.38 bits per heavy atom. The summed E-state index contributed by atoms with van der Waals surface area (Å²) in [5, 5.41) is 9.02. The van der Waals surface area contributed by atoms with E-state index in [-0.39, 0.29) is 5.69 Å². The zero-order valence-corrected chi connectivity index (χ0v) is 12.4. The summed E-state index contributed by atoms with van der Waals surface area (Å²) in [6.07, 6.45) is 1.52. The molecule has 8 heteroatoms. The topological polar surface area (TPSA) is 86.7 Å². The van der Waals surface area contributed by atoms with E-state index in [4.69, 9.17) is 5.11 Å². The van der Waals surface area contributed by atoms with Crippen LogP contribution in [0.4, 0.5) is 10.1 Å². The number of carboxylic acids is 1. The monoisotopic (exact) mass is 316 g/mol. The van der Waals surface area contributed by atoms with Gasteiger partial charge in [-0.3, -0.25) is 4.72 Å². The molecule has 1 aromatic rings. The molecule has 0 atom stereocenters. The fourth-order valence-corrected chi connectivity index (χ4v) is 3.49. The largest absolute Gasteiger partial charge is 0.478 e. The van der Waals surface area contributed by atoms with Crippen LogP contribution in [0.5, 0.6) is 0 Å². The number of carboxylic acid groups (broad SMARTS) is 1. The number of anilines is 1. The molecule has 6 nitrogen and oxygen atoms in total. The van der Waals surface area contributed by atoms with Crippen LogP contribution >= 0.6 is 0 Å². The highest BCUT2D eigenvalue weighted by Crippen LogP contribution is 2.23. The molecule has 1 aliphatic rings. The Morgan fingerprint density at radius 2 is 2.00 bits per heavy atom. The second-order valence-electron chi connectivity index (χ2n) is 5.18. The van der Waals surface area contributed by atoms with E-state index in [2.05, 4.69) is 11.6 Å². The third-order valence-corrected chi connectivity index (χ3v) is 5.06. The summed E-state index contributed by atoms with van der Waals surface area (Å²) in [4.78, 5) is 11.1. The van der Waals surface area contributed by atoms with E-state index in [1.807, 2.05) is 0 Å². The quantitative estimate of drug-likeness (QED) is 0.888. The number of carbonyl (C=O) groups is 1. The van der Waals surface area contributed by atoms with Crippen LogP contribution in [0.15, 0.2) is 18.2 Å². The minimum Gasteiger partial charge on any atom is -0.478 e. The second-order valence-corrected chi connectivity index (χ2v) is 6.85. The Morgan fingerprint density at radius 3 is 2.57 bits per heavy atom. The van der Waals surface area contributed by atoms with Crippen LogP contribution in [-0.2, 0) is 10.2 Å². The fourth-order valence-electron chi connectivity index (χ4n) is 2.21. The molecule has 1 aliphatic heterocycles. The Kier molecular flexibility index (Phi) is 4.48. The first-order valence-corrected chi connectivity index (χ1v) is 8.04. The number of piperidine rings is 1. The van der Waals surface area contributed by atoms with Crippen LogP contribution in [0.1, 0.15) is 30.1 Å². The van der Waals surface area contributed by atoms with Gasteiger partial charge in [0.05, 0.1) is 11.3 Å². The fraction of sp³-hybridized carbons (Fsp3) is 0.462. The lowest BCUT2D eigenvalue weighted by atomic mass is 10.0. The number of hydrogen-bond donors (Lipinski definition) is 2. The molecule has 0 spiro atoms. The van der Waals surface area contributed by atoms with Crippen molar-refractivity contribution in [3.63, 3.8) is 0 Å². The van der Waals surface area contributed by atoms with Crippen molar-refractivity contribution >= 4 is 21.9 Å². The van der Waals surface area contributed by atoms with Crippen molar-refractivity contribution in [1.29, 1.82) is 0 Å². The van der Waals surface area contributed by atoms with Crippen LogP contribution in [0.3, 0.4) is 0 Å². The molecule has 0 aliphatic carbocycles. The predicted octanol–water partition coefficient (Wildman–Crippen LogP) is 1.91. The van der Waals surface area contributed by atoms with Crippen molar-refractivity contribution in [1.82, 2.24) is 4.31 Å². The molecule has 0 bridgehead atoms. The number of halogens is 1. The van der Waals surface area contributed by atoms with Gasteiger partial charge in [0.25, 0.3) is 0 Å². The molecular formula is C13H17FN2O4S. The van der Waals surface area contributed by atoms with E-state index < -0.39 is 27.6 Å². The van der Waals surface area contributed by atoms with E-state index in [0.717, 1.165) is 31.0 Å². The smallest absolute Gasteiger partial charge is 0.337 e. The van der Waals surface area contributed by atoms with Gasteiger partial charge in [-0.05, 0) is 37.0 Å². The summed E-state index contributed by atoms with van der Waals surface area (Å²) in [5.74, 6) is -1.65. The van der Waals surface area contributed by atoms with Gasteiger partial charge in [-0.15, -0.1) is 0 Å². The van der Waals surface area contributed by atoms with Crippen LogP contribution in [-0.4, -0.2) is 36.9 Å². The minimum atomic E-state index is -3.83. The standard InChI is InChI=1S/C13H17FN2O4S/c1-9-4-6-16(7-5-9)21(19,20)15-12-3-2-10(14)8-11(12)13(17)18/h2-3,8-9,15H,4-7H2,1H3,(H,17,18). The van der Waals surface area contributed by atoms with Crippen molar-refractivity contribution in [2.24, 2.45) is 5.92 Å². The average molecular weight is 316 g/mol. The first kappa shape index (κ1) is 15.7. The van der Waals surface area contributed by atoms with Crippen molar-refractivity contribution in [2.75, 3.05) is 17.8 Å². The van der Waals surface area contributed by atoms with Gasteiger partial charge in [0.2, 0.25) is 0 Å². The van der Waals surface area contributed by atoms with Crippen molar-refractivity contribution < 1.29 is 22.7 Å². The highest BCUT2D eigenvalue weighted by atomic mass is 32.2. The number of nitrogens with zero attached hydrogens (tertiary/aromatic N) is 1. The van der Waals surface area contributed by atoms with E-state index >= 15 is 0 Å². The maximum Gasteiger partial charge on any atom is 0.337 e. The maximum absolute atomic E-state index is 13.1. The third-order valence-electron chi connectivity index (χ3n) is 3.53. The Bertz CT molecular complexity index is 640. The predicted molar refractivity (Wildman–Crippen MR) is 75.9 cm³/mol. The molecule has 0 amide bonds. The molecule has 0 saturated carbocycles. The number of benzene rings is 1. The molecule has 0 unspecified atom stereocenters. The minimum absolute atomic E-state index is 0.137. The Hall–Kier alpha value is -1.67. The van der Waals surface area contributed by atoms with Gasteiger partial charge in [-0.2, -0.15) is 12.7 Å². The summed E-state index contributed by atoms with van der Waals surface area (Å²) < 4.78 is 41.1. The van der Waals surface area contributed by atoms with Gasteiger partial charge in [0, 0.05) is 13.1 Å². The third kappa shape index (κ3) is 3.70. The molecule has 0 aromatic heterocycles. The summed E-state index contributed by atoms with van der Waals surface area (Å²) in [5.41, 5.74) is -0.550. The highest BCUT2D eigenvalue weighted by Gasteiger charge is 2.27. The van der Waals surface area contributed by atoms with Crippen LogP contribution in [0, 0.1) is 11.7 Å². The van der Waals surface area contributed by atoms with Crippen molar-refractivity contribution in [3.8, 4) is 0 Å². The molecule has 1 fully saturated rings. The van der Waals surface area contributed by atoms with Gasteiger partial charge < -0.3 is 5.11 Å². The van der Waals surface area contributed by atoms with Gasteiger partial charge in [-0.1, -0.05) is 6.92 Å². The SMILES string of the molecule is CC1CCN(S(=O)(=O)Nc2ccc(F)cc2C(=O)O)CC1. The van der Waals surface area contributed by atoms with Gasteiger partial charge in [-0.25, -0.2) is 9.18 Å². The van der Waals surface area contributed by atoms with Crippen molar-refractivity contribution in [2.45, 2.75) is 19.8 Å². The first-order valence-electron chi connectivity index (χ1n) is 6.60. The molecule has 2 N–H and O–H groups in total. The lowest BCUT2D eigenvalue weighted by Gasteiger charge is -2.29. The number of aromatic carboxylic acids is 1. The summed E-state index contributed by atoms with van der Waals surface area (Å²) in [6.45, 7) is 2.83. The van der Waals surface area contributed by atoms with E-state index in [0.29, 0.717) is 19.0 Å². The summed E-state index contributed by atoms with van der Waals surface area (Å²) >= 11 is 0. The lowest BCUT2D eigenvalue weighted by molar-refractivity contribution is 0.0697. The van der Waals surface area contributed by atoms with Crippen LogP contribution in [0.25, 0.3) is 0 Å². The van der Waals surface area contributed by atoms with E-state index in [9.17, 15) is 17.6 Å². The summed E-state index contributed by atoms with van der Waals surface area (Å²) in [6, 6.07) is 2.92. The summed E-state index contributed by atoms with van der Waals surface area (Å²) in [7, 11) is -3.83. The molecule has 2 rings (SSSR count). The van der Waals surface area contributed by atoms with Crippen molar-refractivity contribution in [3.05, 3.63) is 29.6 Å². The van der Waals surface area contributed by atoms with Gasteiger partial charge in [0.15, 0.2) is 0 Å². The Balaban J connectivity index is 2.23. The Labute approximate surface area is 122 Å². The highest BCUT2D eigenvalue weighted by molar-refractivity contribution is 7.90. The molecule has 0 radical (unpaired) electrons. The zero-order chi connectivity index (χ0) is 15.6. The molecule has 21 heavy (non-hydrogen) atoms. The molecule has 116 valence electrons. The average Bonchev–Trinajstić information content (AvgIpc) is 2.41. The zero-order valence-electron chi connectivity index (χ0n) is 11.5. The molecule has 1 aromatic carbocycles. The molecule has 1 heterocycles. The molecule has 1 saturated heterocycles. The van der Waals surface area contributed by atoms with Gasteiger partial charge >= 0.3 is 16.2 Å². The number of nitrogens with one attached hydrogen (secondary N) is 1. The van der Waals surface area contributed by atoms with Gasteiger partial charge in [0.1, 0.15) is 5.82 Å².